The van der Waals surface area contributed by atoms with Crippen LogP contribution in [0, 0.1) is 0 Å². The molecule has 1 aliphatic heterocycles. The zero-order chi connectivity index (χ0) is 8.43. The average molecular weight is 159 g/mol. The molecule has 1 fully saturated rings. The molecular formula is C7H13NO3. The fourth-order valence-electron chi connectivity index (χ4n) is 1.60. The van der Waals surface area contributed by atoms with Gasteiger partial charge in [0.15, 0.2) is 0 Å². The largest absolute Gasteiger partial charge is 0.465 e. The summed E-state index contributed by atoms with van der Waals surface area (Å²) in [6.45, 7) is 1.81. The van der Waals surface area contributed by atoms with Crippen molar-refractivity contribution in [1.29, 1.82) is 0 Å². The number of nitrogens with zero attached hydrogens (tertiary/aromatic N) is 1. The van der Waals surface area contributed by atoms with Crippen LogP contribution in [0.5, 0.6) is 0 Å². The second-order valence-corrected chi connectivity index (χ2v) is 2.95. The van der Waals surface area contributed by atoms with Crippen LogP contribution < -0.4 is 0 Å². The highest BCUT2D eigenvalue weighted by molar-refractivity contribution is 5.66. The van der Waals surface area contributed by atoms with E-state index in [9.17, 15) is 4.79 Å². The second kappa shape index (κ2) is 3.09. The van der Waals surface area contributed by atoms with Gasteiger partial charge in [0, 0.05) is 6.04 Å². The first kappa shape index (κ1) is 8.33. The molecule has 1 aliphatic rings. The van der Waals surface area contributed by atoms with E-state index < -0.39 is 6.09 Å². The fourth-order valence-corrected chi connectivity index (χ4v) is 1.60. The van der Waals surface area contributed by atoms with Gasteiger partial charge in [-0.3, -0.25) is 0 Å². The van der Waals surface area contributed by atoms with Crippen molar-refractivity contribution in [1.82, 2.24) is 4.90 Å². The molecule has 0 saturated carbocycles. The number of aliphatic hydroxyl groups excluding tert-OH is 1. The molecule has 0 aromatic carbocycles. The Morgan fingerprint density at radius 2 is 2.27 bits per heavy atom. The SMILES string of the molecule is C[C@H]1CC[C@H](CO)N1C(=O)O. The highest BCUT2D eigenvalue weighted by atomic mass is 16.4. The van der Waals surface area contributed by atoms with Crippen molar-refractivity contribution in [2.24, 2.45) is 0 Å². The maximum atomic E-state index is 10.6. The second-order valence-electron chi connectivity index (χ2n) is 2.95. The highest BCUT2D eigenvalue weighted by Crippen LogP contribution is 2.23. The topological polar surface area (TPSA) is 60.8 Å². The molecule has 2 N–H and O–H groups in total. The molecule has 0 bridgehead atoms. The van der Waals surface area contributed by atoms with Crippen LogP contribution in [-0.4, -0.2) is 39.9 Å². The number of carboxylic acid groups (broad SMARTS) is 1. The molecule has 64 valence electrons. The van der Waals surface area contributed by atoms with Gasteiger partial charge in [0.1, 0.15) is 0 Å². The summed E-state index contributed by atoms with van der Waals surface area (Å²) in [6.07, 6.45) is 0.718. The van der Waals surface area contributed by atoms with Gasteiger partial charge in [0.2, 0.25) is 0 Å². The highest BCUT2D eigenvalue weighted by Gasteiger charge is 2.33. The summed E-state index contributed by atoms with van der Waals surface area (Å²) in [6, 6.07) is -0.118. The number of likely N-dealkylation sites (tertiary alicyclic amines) is 1. The zero-order valence-corrected chi connectivity index (χ0v) is 6.53. The van der Waals surface area contributed by atoms with E-state index in [0.29, 0.717) is 0 Å². The molecule has 1 heterocycles. The van der Waals surface area contributed by atoms with E-state index in [4.69, 9.17) is 10.2 Å². The van der Waals surface area contributed by atoms with Crippen LogP contribution in [-0.2, 0) is 0 Å². The molecular weight excluding hydrogens is 146 g/mol. The van der Waals surface area contributed by atoms with E-state index in [0.717, 1.165) is 12.8 Å². The molecule has 0 unspecified atom stereocenters. The summed E-state index contributed by atoms with van der Waals surface area (Å²) in [5.74, 6) is 0. The lowest BCUT2D eigenvalue weighted by molar-refractivity contribution is 0.103. The molecule has 1 rings (SSSR count). The average Bonchev–Trinajstić information content (AvgIpc) is 2.30. The minimum atomic E-state index is -0.922. The summed E-state index contributed by atoms with van der Waals surface area (Å²) in [7, 11) is 0. The van der Waals surface area contributed by atoms with Crippen LogP contribution in [0.3, 0.4) is 0 Å². The third kappa shape index (κ3) is 1.45. The Kier molecular flexibility index (Phi) is 2.34. The summed E-state index contributed by atoms with van der Waals surface area (Å²) in [5, 5.41) is 17.5. The van der Waals surface area contributed by atoms with Crippen LogP contribution in [0.25, 0.3) is 0 Å². The van der Waals surface area contributed by atoms with Gasteiger partial charge in [-0.15, -0.1) is 0 Å². The minimum absolute atomic E-state index is 0.0589. The first-order chi connectivity index (χ1) is 5.16. The van der Waals surface area contributed by atoms with Crippen LogP contribution in [0.15, 0.2) is 0 Å². The van der Waals surface area contributed by atoms with Crippen LogP contribution in [0.2, 0.25) is 0 Å². The number of rotatable bonds is 1. The Morgan fingerprint density at radius 1 is 1.64 bits per heavy atom. The first-order valence-corrected chi connectivity index (χ1v) is 3.79. The van der Waals surface area contributed by atoms with Crippen molar-refractivity contribution in [3.8, 4) is 0 Å². The molecule has 1 amide bonds. The van der Waals surface area contributed by atoms with Crippen LogP contribution >= 0.6 is 0 Å². The molecule has 0 aliphatic carbocycles. The molecule has 0 radical (unpaired) electrons. The van der Waals surface area contributed by atoms with Gasteiger partial charge < -0.3 is 15.1 Å². The van der Waals surface area contributed by atoms with E-state index in [1.54, 1.807) is 0 Å². The lowest BCUT2D eigenvalue weighted by Crippen LogP contribution is -2.40. The maximum Gasteiger partial charge on any atom is 0.407 e. The predicted octanol–water partition coefficient (Wildman–Crippen LogP) is 0.510. The predicted molar refractivity (Wildman–Crippen MR) is 39.4 cm³/mol. The van der Waals surface area contributed by atoms with Crippen molar-refractivity contribution in [3.63, 3.8) is 0 Å². The zero-order valence-electron chi connectivity index (χ0n) is 6.53. The Balaban J connectivity index is 2.63. The lowest BCUT2D eigenvalue weighted by atomic mass is 10.2. The normalized spacial score (nSPS) is 30.9. The van der Waals surface area contributed by atoms with Crippen molar-refractivity contribution >= 4 is 6.09 Å². The summed E-state index contributed by atoms with van der Waals surface area (Å²) in [4.78, 5) is 11.9. The Bertz CT molecular complexity index is 160. The maximum absolute atomic E-state index is 10.6. The van der Waals surface area contributed by atoms with E-state index in [1.807, 2.05) is 6.92 Å². The van der Waals surface area contributed by atoms with Gasteiger partial charge in [-0.05, 0) is 19.8 Å². The molecule has 0 spiro atoms. The van der Waals surface area contributed by atoms with Gasteiger partial charge in [-0.2, -0.15) is 0 Å². The third-order valence-corrected chi connectivity index (χ3v) is 2.22. The molecule has 0 aromatic heterocycles. The number of hydrogen-bond acceptors (Lipinski definition) is 2. The first-order valence-electron chi connectivity index (χ1n) is 3.79. The summed E-state index contributed by atoms with van der Waals surface area (Å²) >= 11 is 0. The van der Waals surface area contributed by atoms with Gasteiger partial charge >= 0.3 is 6.09 Å². The molecule has 4 nitrogen and oxygen atoms in total. The smallest absolute Gasteiger partial charge is 0.407 e. The number of hydrogen-bond donors (Lipinski definition) is 2. The van der Waals surface area contributed by atoms with Gasteiger partial charge in [0.25, 0.3) is 0 Å². The van der Waals surface area contributed by atoms with E-state index in [2.05, 4.69) is 0 Å². The van der Waals surface area contributed by atoms with Gasteiger partial charge in [-0.25, -0.2) is 4.79 Å². The standard InChI is InChI=1S/C7H13NO3/c1-5-2-3-6(4-9)8(5)7(10)11/h5-6,9H,2-4H2,1H3,(H,10,11)/t5-,6+/m0/s1. The number of amides is 1. The van der Waals surface area contributed by atoms with Gasteiger partial charge in [-0.1, -0.05) is 0 Å². The quantitative estimate of drug-likeness (QED) is 0.586. The fraction of sp³-hybridized carbons (Fsp3) is 0.857. The van der Waals surface area contributed by atoms with Crippen LogP contribution in [0.1, 0.15) is 19.8 Å². The van der Waals surface area contributed by atoms with Gasteiger partial charge in [0.05, 0.1) is 12.6 Å². The van der Waals surface area contributed by atoms with E-state index in [1.165, 1.54) is 4.90 Å². The van der Waals surface area contributed by atoms with Crippen molar-refractivity contribution in [2.75, 3.05) is 6.61 Å². The van der Waals surface area contributed by atoms with E-state index >= 15 is 0 Å². The number of carbonyl (C=O) groups is 1. The lowest BCUT2D eigenvalue weighted by Gasteiger charge is -2.23. The molecule has 11 heavy (non-hydrogen) atoms. The monoisotopic (exact) mass is 159 g/mol. The molecule has 2 atom stereocenters. The summed E-state index contributed by atoms with van der Waals surface area (Å²) < 4.78 is 0. The third-order valence-electron chi connectivity index (χ3n) is 2.22. The van der Waals surface area contributed by atoms with Crippen LogP contribution in [0.4, 0.5) is 4.79 Å². The van der Waals surface area contributed by atoms with Crippen molar-refractivity contribution in [3.05, 3.63) is 0 Å². The number of aliphatic hydroxyl groups is 1. The molecule has 1 saturated heterocycles. The summed E-state index contributed by atoms with van der Waals surface area (Å²) in [5.41, 5.74) is 0. The molecule has 4 heteroatoms. The molecule has 0 aromatic rings. The van der Waals surface area contributed by atoms with E-state index in [-0.39, 0.29) is 18.7 Å². The Labute approximate surface area is 65.4 Å². The van der Waals surface area contributed by atoms with Crippen molar-refractivity contribution < 1.29 is 15.0 Å². The Hall–Kier alpha value is -0.770. The Morgan fingerprint density at radius 3 is 2.64 bits per heavy atom. The minimum Gasteiger partial charge on any atom is -0.465 e. The van der Waals surface area contributed by atoms with Crippen molar-refractivity contribution in [2.45, 2.75) is 31.8 Å².